The third-order valence-electron chi connectivity index (χ3n) is 1.96. The molecule has 0 saturated carbocycles. The highest BCUT2D eigenvalue weighted by Crippen LogP contribution is 2.14. The third kappa shape index (κ3) is 1.48. The van der Waals surface area contributed by atoms with Crippen LogP contribution in [0.25, 0.3) is 0 Å². The maximum atomic E-state index is 12.4. The Kier molecular flexibility index (Phi) is 1.84. The van der Waals surface area contributed by atoms with Gasteiger partial charge in [0.05, 0.1) is 5.69 Å². The monoisotopic (exact) mass is 170 g/mol. The average Bonchev–Trinajstić information content (AvgIpc) is 2.33. The van der Waals surface area contributed by atoms with Crippen LogP contribution in [0.4, 0.5) is 4.39 Å². The molecule has 0 amide bonds. The molecule has 12 heavy (non-hydrogen) atoms. The van der Waals surface area contributed by atoms with Crippen LogP contribution in [0.5, 0.6) is 0 Å². The first-order valence-electron chi connectivity index (χ1n) is 4.01. The highest BCUT2D eigenvalue weighted by atomic mass is 19.1. The van der Waals surface area contributed by atoms with Crippen LogP contribution < -0.4 is 0 Å². The van der Waals surface area contributed by atoms with Crippen molar-refractivity contribution in [2.24, 2.45) is 0 Å². The second-order valence-electron chi connectivity index (χ2n) is 3.15. The zero-order valence-electron chi connectivity index (χ0n) is 6.96. The fourth-order valence-electron chi connectivity index (χ4n) is 1.35. The fraction of sp³-hybridized carbons (Fsp3) is 0.625. The first-order chi connectivity index (χ1) is 5.74. The molecule has 1 aromatic rings. The molecule has 1 fully saturated rings. The normalized spacial score (nSPS) is 19.5. The summed E-state index contributed by atoms with van der Waals surface area (Å²) in [5.41, 5.74) is 0.888. The Morgan fingerprint density at radius 3 is 3.00 bits per heavy atom. The van der Waals surface area contributed by atoms with Crippen molar-refractivity contribution in [3.8, 4) is 0 Å². The number of aryl methyl sites for hydroxylation is 1. The van der Waals surface area contributed by atoms with Crippen molar-refractivity contribution in [2.75, 3.05) is 13.1 Å². The summed E-state index contributed by atoms with van der Waals surface area (Å²) in [5, 5.41) is 0. The van der Waals surface area contributed by atoms with Gasteiger partial charge in [-0.25, -0.2) is 9.37 Å². The molecule has 1 aliphatic rings. The Hall–Kier alpha value is -0.900. The molecule has 0 aliphatic carbocycles. The van der Waals surface area contributed by atoms with Crippen molar-refractivity contribution >= 4 is 0 Å². The molecule has 0 spiro atoms. The van der Waals surface area contributed by atoms with E-state index in [1.807, 2.05) is 4.90 Å². The molecule has 1 aromatic heterocycles. The minimum atomic E-state index is -0.641. The number of aromatic nitrogens is 1. The molecular weight excluding hydrogens is 159 g/mol. The number of likely N-dealkylation sites (tertiary alicyclic amines) is 1. The van der Waals surface area contributed by atoms with E-state index in [1.165, 1.54) is 0 Å². The van der Waals surface area contributed by atoms with E-state index in [9.17, 15) is 4.39 Å². The predicted octanol–water partition coefficient (Wildman–Crippen LogP) is 1.14. The molecule has 1 aliphatic heterocycles. The Morgan fingerprint density at radius 2 is 2.50 bits per heavy atom. The minimum Gasteiger partial charge on any atom is -0.449 e. The minimum absolute atomic E-state index is 0.534. The second kappa shape index (κ2) is 2.86. The highest BCUT2D eigenvalue weighted by Gasteiger charge is 2.26. The summed E-state index contributed by atoms with van der Waals surface area (Å²) in [6.45, 7) is 3.58. The quantitative estimate of drug-likeness (QED) is 0.666. The first-order valence-corrected chi connectivity index (χ1v) is 4.01. The summed E-state index contributed by atoms with van der Waals surface area (Å²) in [4.78, 5) is 6.13. The largest absolute Gasteiger partial charge is 0.449 e. The van der Waals surface area contributed by atoms with E-state index in [4.69, 9.17) is 4.42 Å². The van der Waals surface area contributed by atoms with Gasteiger partial charge in [0.2, 0.25) is 0 Å². The van der Waals surface area contributed by atoms with Gasteiger partial charge in [0.15, 0.2) is 5.89 Å². The van der Waals surface area contributed by atoms with Crippen molar-refractivity contribution in [1.82, 2.24) is 9.88 Å². The van der Waals surface area contributed by atoms with Crippen LogP contribution in [0, 0.1) is 6.92 Å². The van der Waals surface area contributed by atoms with Gasteiger partial charge in [0.25, 0.3) is 0 Å². The lowest BCUT2D eigenvalue weighted by atomic mass is 10.2. The van der Waals surface area contributed by atoms with E-state index in [0.717, 1.165) is 5.69 Å². The van der Waals surface area contributed by atoms with Crippen molar-refractivity contribution in [3.05, 3.63) is 17.8 Å². The number of hydrogen-bond donors (Lipinski definition) is 0. The summed E-state index contributed by atoms with van der Waals surface area (Å²) >= 11 is 0. The van der Waals surface area contributed by atoms with Gasteiger partial charge in [-0.3, -0.25) is 4.90 Å². The van der Waals surface area contributed by atoms with E-state index in [-0.39, 0.29) is 0 Å². The summed E-state index contributed by atoms with van der Waals surface area (Å²) in [6.07, 6.45) is 0.985. The molecule has 0 unspecified atom stereocenters. The van der Waals surface area contributed by atoms with Crippen LogP contribution in [0.2, 0.25) is 0 Å². The van der Waals surface area contributed by atoms with Crippen molar-refractivity contribution in [1.29, 1.82) is 0 Å². The summed E-state index contributed by atoms with van der Waals surface area (Å²) in [5.74, 6) is 0.669. The maximum absolute atomic E-state index is 12.4. The van der Waals surface area contributed by atoms with Crippen LogP contribution in [0.1, 0.15) is 11.6 Å². The van der Waals surface area contributed by atoms with E-state index < -0.39 is 6.17 Å². The van der Waals surface area contributed by atoms with E-state index >= 15 is 0 Å². The fourth-order valence-corrected chi connectivity index (χ4v) is 1.35. The topological polar surface area (TPSA) is 29.3 Å². The van der Waals surface area contributed by atoms with Crippen LogP contribution in [-0.2, 0) is 6.54 Å². The van der Waals surface area contributed by atoms with Crippen molar-refractivity contribution < 1.29 is 8.81 Å². The molecule has 66 valence electrons. The number of rotatable bonds is 2. The third-order valence-corrected chi connectivity index (χ3v) is 1.96. The summed E-state index contributed by atoms with van der Waals surface area (Å²) in [6, 6.07) is 0. The van der Waals surface area contributed by atoms with E-state index in [2.05, 4.69) is 4.98 Å². The van der Waals surface area contributed by atoms with Gasteiger partial charge in [-0.1, -0.05) is 0 Å². The Morgan fingerprint density at radius 1 is 1.75 bits per heavy atom. The standard InChI is InChI=1S/C8H11FN2O/c1-6-10-8(5-12-6)4-11-2-7(9)3-11/h5,7H,2-4H2,1H3. The highest BCUT2D eigenvalue weighted by molar-refractivity contribution is 4.97. The smallest absolute Gasteiger partial charge is 0.191 e. The van der Waals surface area contributed by atoms with Crippen LogP contribution in [-0.4, -0.2) is 29.1 Å². The Labute approximate surface area is 70.2 Å². The molecule has 1 saturated heterocycles. The SMILES string of the molecule is Cc1nc(CN2CC(F)C2)co1. The van der Waals surface area contributed by atoms with Gasteiger partial charge >= 0.3 is 0 Å². The zero-order valence-corrected chi connectivity index (χ0v) is 6.96. The molecule has 0 radical (unpaired) electrons. The summed E-state index contributed by atoms with van der Waals surface area (Å²) in [7, 11) is 0. The van der Waals surface area contributed by atoms with Gasteiger partial charge in [0, 0.05) is 26.6 Å². The lowest BCUT2D eigenvalue weighted by Gasteiger charge is -2.33. The maximum Gasteiger partial charge on any atom is 0.191 e. The number of alkyl halides is 1. The number of halogens is 1. The number of oxazole rings is 1. The molecule has 0 bridgehead atoms. The van der Waals surface area contributed by atoms with Crippen molar-refractivity contribution in [2.45, 2.75) is 19.6 Å². The van der Waals surface area contributed by atoms with Gasteiger partial charge in [-0.15, -0.1) is 0 Å². The first kappa shape index (κ1) is 7.73. The number of nitrogens with zero attached hydrogens (tertiary/aromatic N) is 2. The van der Waals surface area contributed by atoms with Crippen LogP contribution >= 0.6 is 0 Å². The van der Waals surface area contributed by atoms with Crippen LogP contribution in [0.15, 0.2) is 10.7 Å². The molecule has 0 N–H and O–H groups in total. The average molecular weight is 170 g/mol. The second-order valence-corrected chi connectivity index (χ2v) is 3.15. The number of hydrogen-bond acceptors (Lipinski definition) is 3. The van der Waals surface area contributed by atoms with Gasteiger partial charge < -0.3 is 4.42 Å². The molecule has 3 nitrogen and oxygen atoms in total. The lowest BCUT2D eigenvalue weighted by molar-refractivity contribution is 0.0580. The van der Waals surface area contributed by atoms with E-state index in [1.54, 1.807) is 13.2 Å². The van der Waals surface area contributed by atoms with Gasteiger partial charge in [-0.05, 0) is 0 Å². The molecule has 2 rings (SSSR count). The Balaban J connectivity index is 1.88. The predicted molar refractivity (Wildman–Crippen MR) is 41.4 cm³/mol. The molecule has 4 heteroatoms. The van der Waals surface area contributed by atoms with Gasteiger partial charge in [0.1, 0.15) is 12.4 Å². The molecular formula is C8H11FN2O. The summed E-state index contributed by atoms with van der Waals surface area (Å²) < 4.78 is 17.4. The molecule has 2 heterocycles. The molecule has 0 atom stereocenters. The van der Waals surface area contributed by atoms with Crippen molar-refractivity contribution in [3.63, 3.8) is 0 Å². The van der Waals surface area contributed by atoms with E-state index in [0.29, 0.717) is 25.5 Å². The Bertz CT molecular complexity index is 268. The lowest BCUT2D eigenvalue weighted by Crippen LogP contribution is -2.47. The molecule has 0 aromatic carbocycles. The van der Waals surface area contributed by atoms with Gasteiger partial charge in [-0.2, -0.15) is 0 Å². The zero-order chi connectivity index (χ0) is 8.55. The van der Waals surface area contributed by atoms with Crippen LogP contribution in [0.3, 0.4) is 0 Å².